The smallest absolute Gasteiger partial charge is 0.249 e. The standard InChI is InChI=1S/C21H27FN4O2/c1-25-18(13-19(24-25)15-4-6-16(22)7-5-15)14-26-10-8-17(9-11-26)23-21(27)20-3-2-12-28-20/h4-7,13,17,20H,2-3,8-12,14H2,1H3,(H,23,27)/t20-/m1/s1. The number of hydrogen-bond acceptors (Lipinski definition) is 4. The SMILES string of the molecule is Cn1nc(-c2ccc(F)cc2)cc1CN1CCC(NC(=O)[C@H]2CCCO2)CC1. The van der Waals surface area contributed by atoms with E-state index in [9.17, 15) is 9.18 Å². The first kappa shape index (κ1) is 19.1. The summed E-state index contributed by atoms with van der Waals surface area (Å²) in [7, 11) is 1.94. The van der Waals surface area contributed by atoms with Crippen molar-refractivity contribution in [3.8, 4) is 11.3 Å². The van der Waals surface area contributed by atoms with E-state index in [1.54, 1.807) is 12.1 Å². The van der Waals surface area contributed by atoms with Gasteiger partial charge in [-0.3, -0.25) is 14.4 Å². The zero-order chi connectivity index (χ0) is 19.5. The molecule has 0 bridgehead atoms. The number of amides is 1. The summed E-state index contributed by atoms with van der Waals surface area (Å²) >= 11 is 0. The largest absolute Gasteiger partial charge is 0.368 e. The Morgan fingerprint density at radius 3 is 2.68 bits per heavy atom. The Labute approximate surface area is 164 Å². The average Bonchev–Trinajstić information content (AvgIpc) is 3.35. The molecule has 1 atom stereocenters. The maximum Gasteiger partial charge on any atom is 0.249 e. The average molecular weight is 386 g/mol. The fourth-order valence-electron chi connectivity index (χ4n) is 3.96. The molecule has 0 radical (unpaired) electrons. The second kappa shape index (κ2) is 8.41. The van der Waals surface area contributed by atoms with Gasteiger partial charge in [0.05, 0.1) is 11.4 Å². The monoisotopic (exact) mass is 386 g/mol. The molecule has 1 amide bonds. The number of halogens is 1. The highest BCUT2D eigenvalue weighted by atomic mass is 19.1. The molecule has 0 saturated carbocycles. The summed E-state index contributed by atoms with van der Waals surface area (Å²) < 4.78 is 20.5. The van der Waals surface area contributed by atoms with E-state index in [1.165, 1.54) is 12.1 Å². The summed E-state index contributed by atoms with van der Waals surface area (Å²) in [6.07, 6.45) is 3.45. The summed E-state index contributed by atoms with van der Waals surface area (Å²) in [5, 5.41) is 7.72. The fourth-order valence-corrected chi connectivity index (χ4v) is 3.96. The lowest BCUT2D eigenvalue weighted by Gasteiger charge is -2.32. The Balaban J connectivity index is 1.30. The van der Waals surface area contributed by atoms with Crippen molar-refractivity contribution in [2.24, 2.45) is 7.05 Å². The van der Waals surface area contributed by atoms with Crippen molar-refractivity contribution >= 4 is 5.91 Å². The third-order valence-corrected chi connectivity index (χ3v) is 5.66. The first-order valence-electron chi connectivity index (χ1n) is 10.0. The molecule has 1 N–H and O–H groups in total. The molecule has 2 fully saturated rings. The fraction of sp³-hybridized carbons (Fsp3) is 0.524. The van der Waals surface area contributed by atoms with Gasteiger partial charge in [0, 0.05) is 44.9 Å². The Morgan fingerprint density at radius 1 is 1.25 bits per heavy atom. The van der Waals surface area contributed by atoms with Crippen LogP contribution in [-0.2, 0) is 23.1 Å². The van der Waals surface area contributed by atoms with E-state index < -0.39 is 0 Å². The lowest BCUT2D eigenvalue weighted by Crippen LogP contribution is -2.47. The Hall–Kier alpha value is -2.25. The van der Waals surface area contributed by atoms with E-state index in [4.69, 9.17) is 4.74 Å². The molecule has 0 aliphatic carbocycles. The van der Waals surface area contributed by atoms with Crippen LogP contribution in [0.2, 0.25) is 0 Å². The van der Waals surface area contributed by atoms with E-state index >= 15 is 0 Å². The van der Waals surface area contributed by atoms with Gasteiger partial charge >= 0.3 is 0 Å². The van der Waals surface area contributed by atoms with Crippen molar-refractivity contribution in [2.75, 3.05) is 19.7 Å². The summed E-state index contributed by atoms with van der Waals surface area (Å²) in [6, 6.07) is 8.72. The van der Waals surface area contributed by atoms with Crippen LogP contribution in [-0.4, -0.2) is 52.4 Å². The number of carbonyl (C=O) groups excluding carboxylic acids is 1. The highest BCUT2D eigenvalue weighted by Gasteiger charge is 2.27. The van der Waals surface area contributed by atoms with Gasteiger partial charge < -0.3 is 10.1 Å². The molecule has 2 aromatic rings. The van der Waals surface area contributed by atoms with Crippen LogP contribution in [0.25, 0.3) is 11.3 Å². The Kier molecular flexibility index (Phi) is 5.73. The van der Waals surface area contributed by atoms with Gasteiger partial charge in [-0.15, -0.1) is 0 Å². The second-order valence-electron chi connectivity index (χ2n) is 7.71. The van der Waals surface area contributed by atoms with Crippen LogP contribution in [0.3, 0.4) is 0 Å². The van der Waals surface area contributed by atoms with E-state index in [0.717, 1.165) is 62.3 Å². The topological polar surface area (TPSA) is 59.4 Å². The normalized spacial score (nSPS) is 21.1. The first-order chi connectivity index (χ1) is 13.6. The number of piperidine rings is 1. The third kappa shape index (κ3) is 4.42. The van der Waals surface area contributed by atoms with Crippen LogP contribution >= 0.6 is 0 Å². The molecule has 6 nitrogen and oxygen atoms in total. The maximum atomic E-state index is 13.1. The second-order valence-corrected chi connectivity index (χ2v) is 7.71. The molecule has 0 unspecified atom stereocenters. The molecular formula is C21H27FN4O2. The molecule has 1 aromatic heterocycles. The Bertz CT molecular complexity index is 806. The first-order valence-corrected chi connectivity index (χ1v) is 10.0. The van der Waals surface area contributed by atoms with Crippen LogP contribution < -0.4 is 5.32 Å². The number of rotatable bonds is 5. The highest BCUT2D eigenvalue weighted by molar-refractivity contribution is 5.81. The maximum absolute atomic E-state index is 13.1. The number of likely N-dealkylation sites (tertiary alicyclic amines) is 1. The Morgan fingerprint density at radius 2 is 2.00 bits per heavy atom. The number of aromatic nitrogens is 2. The summed E-state index contributed by atoms with van der Waals surface area (Å²) in [5.41, 5.74) is 2.90. The molecule has 28 heavy (non-hydrogen) atoms. The molecule has 3 heterocycles. The third-order valence-electron chi connectivity index (χ3n) is 5.66. The van der Waals surface area contributed by atoms with Crippen LogP contribution in [0.5, 0.6) is 0 Å². The van der Waals surface area contributed by atoms with Crippen LogP contribution in [0, 0.1) is 5.82 Å². The lowest BCUT2D eigenvalue weighted by atomic mass is 10.0. The number of aryl methyl sites for hydroxylation is 1. The molecule has 0 spiro atoms. The minimum absolute atomic E-state index is 0.0477. The van der Waals surface area contributed by atoms with Crippen molar-refractivity contribution in [3.63, 3.8) is 0 Å². The number of nitrogens with one attached hydrogen (secondary N) is 1. The predicted molar refractivity (Wildman–Crippen MR) is 104 cm³/mol. The minimum Gasteiger partial charge on any atom is -0.368 e. The summed E-state index contributed by atoms with van der Waals surface area (Å²) in [4.78, 5) is 14.6. The minimum atomic E-state index is -0.252. The molecule has 2 aliphatic rings. The van der Waals surface area contributed by atoms with E-state index in [1.807, 2.05) is 11.7 Å². The zero-order valence-electron chi connectivity index (χ0n) is 16.2. The molecule has 2 saturated heterocycles. The molecule has 150 valence electrons. The van der Waals surface area contributed by atoms with Crippen LogP contribution in [0.1, 0.15) is 31.4 Å². The van der Waals surface area contributed by atoms with Crippen molar-refractivity contribution in [2.45, 2.75) is 44.4 Å². The van der Waals surface area contributed by atoms with Crippen molar-refractivity contribution in [3.05, 3.63) is 41.8 Å². The molecule has 4 rings (SSSR count). The van der Waals surface area contributed by atoms with Crippen molar-refractivity contribution in [1.29, 1.82) is 0 Å². The number of benzene rings is 1. The van der Waals surface area contributed by atoms with Gasteiger partial charge in [0.25, 0.3) is 0 Å². The zero-order valence-corrected chi connectivity index (χ0v) is 16.2. The van der Waals surface area contributed by atoms with Crippen LogP contribution in [0.15, 0.2) is 30.3 Å². The van der Waals surface area contributed by atoms with Crippen LogP contribution in [0.4, 0.5) is 4.39 Å². The number of nitrogens with zero attached hydrogens (tertiary/aromatic N) is 3. The number of ether oxygens (including phenoxy) is 1. The predicted octanol–water partition coefficient (Wildman–Crippen LogP) is 2.49. The molecule has 2 aliphatic heterocycles. The summed E-state index contributed by atoms with van der Waals surface area (Å²) in [6.45, 7) is 3.39. The lowest BCUT2D eigenvalue weighted by molar-refractivity contribution is -0.131. The van der Waals surface area contributed by atoms with Crippen molar-refractivity contribution < 1.29 is 13.9 Å². The quantitative estimate of drug-likeness (QED) is 0.858. The molecule has 1 aromatic carbocycles. The van der Waals surface area contributed by atoms with E-state index in [2.05, 4.69) is 21.4 Å². The van der Waals surface area contributed by atoms with Crippen molar-refractivity contribution in [1.82, 2.24) is 20.0 Å². The van der Waals surface area contributed by atoms with Gasteiger partial charge in [-0.25, -0.2) is 4.39 Å². The van der Waals surface area contributed by atoms with E-state index in [-0.39, 0.29) is 23.9 Å². The number of hydrogen-bond donors (Lipinski definition) is 1. The van der Waals surface area contributed by atoms with Gasteiger partial charge in [0.2, 0.25) is 5.91 Å². The van der Waals surface area contributed by atoms with Gasteiger partial charge in [0.15, 0.2) is 0 Å². The van der Waals surface area contributed by atoms with E-state index in [0.29, 0.717) is 6.61 Å². The van der Waals surface area contributed by atoms with Gasteiger partial charge in [-0.2, -0.15) is 5.10 Å². The number of carbonyl (C=O) groups is 1. The van der Waals surface area contributed by atoms with Gasteiger partial charge in [-0.05, 0) is 56.0 Å². The summed E-state index contributed by atoms with van der Waals surface area (Å²) in [5.74, 6) is -0.194. The van der Waals surface area contributed by atoms with Gasteiger partial charge in [-0.1, -0.05) is 0 Å². The molecule has 7 heteroatoms. The highest BCUT2D eigenvalue weighted by Crippen LogP contribution is 2.21. The van der Waals surface area contributed by atoms with Gasteiger partial charge in [0.1, 0.15) is 11.9 Å². The molecular weight excluding hydrogens is 359 g/mol.